The van der Waals surface area contributed by atoms with Crippen molar-refractivity contribution in [3.05, 3.63) is 65.9 Å². The minimum atomic E-state index is -0.141. The summed E-state index contributed by atoms with van der Waals surface area (Å²) in [4.78, 5) is 23.2. The SMILES string of the molecule is Cc1ccccc1Oc1cncc([C@@H]2CCCN(C(=O)c3ccno3)C2)n1. The van der Waals surface area contributed by atoms with Gasteiger partial charge in [-0.3, -0.25) is 9.78 Å². The molecule has 0 spiro atoms. The molecule has 1 aliphatic rings. The zero-order valence-corrected chi connectivity index (χ0v) is 15.0. The van der Waals surface area contributed by atoms with Crippen molar-refractivity contribution < 1.29 is 14.1 Å². The van der Waals surface area contributed by atoms with Crippen molar-refractivity contribution in [2.45, 2.75) is 25.7 Å². The standard InChI is InChI=1S/C20H20N4O3/c1-14-5-2-3-7-17(14)26-19-12-21-11-16(23-19)15-6-4-10-24(13-15)20(25)18-8-9-22-27-18/h2-3,5,7-9,11-12,15H,4,6,10,13H2,1H3/t15-/m1/s1. The van der Waals surface area contributed by atoms with Crippen LogP contribution in [0.1, 0.15) is 40.6 Å². The van der Waals surface area contributed by atoms with Crippen molar-refractivity contribution in [1.82, 2.24) is 20.0 Å². The lowest BCUT2D eigenvalue weighted by Gasteiger charge is -2.31. The molecule has 27 heavy (non-hydrogen) atoms. The zero-order valence-electron chi connectivity index (χ0n) is 15.0. The highest BCUT2D eigenvalue weighted by Gasteiger charge is 2.28. The van der Waals surface area contributed by atoms with Crippen LogP contribution in [-0.2, 0) is 0 Å². The molecule has 138 valence electrons. The van der Waals surface area contributed by atoms with Crippen LogP contribution in [-0.4, -0.2) is 39.0 Å². The van der Waals surface area contributed by atoms with Gasteiger partial charge >= 0.3 is 0 Å². The summed E-state index contributed by atoms with van der Waals surface area (Å²) < 4.78 is 10.9. The first-order chi connectivity index (χ1) is 13.2. The number of ether oxygens (including phenoxy) is 1. The summed E-state index contributed by atoms with van der Waals surface area (Å²) in [5.74, 6) is 1.45. The molecule has 1 fully saturated rings. The molecule has 1 saturated heterocycles. The third-order valence-electron chi connectivity index (χ3n) is 4.71. The molecule has 0 radical (unpaired) electrons. The molecule has 0 N–H and O–H groups in total. The number of rotatable bonds is 4. The predicted octanol–water partition coefficient (Wildman–Crippen LogP) is 3.59. The summed E-state index contributed by atoms with van der Waals surface area (Å²) in [6, 6.07) is 9.37. The van der Waals surface area contributed by atoms with Gasteiger partial charge in [0.2, 0.25) is 11.6 Å². The summed E-state index contributed by atoms with van der Waals surface area (Å²) in [6.45, 7) is 3.26. The van der Waals surface area contributed by atoms with Crippen LogP contribution in [0.15, 0.2) is 53.4 Å². The van der Waals surface area contributed by atoms with E-state index in [9.17, 15) is 4.79 Å². The van der Waals surface area contributed by atoms with Crippen LogP contribution in [0.25, 0.3) is 0 Å². The summed E-state index contributed by atoms with van der Waals surface area (Å²) >= 11 is 0. The lowest BCUT2D eigenvalue weighted by atomic mass is 9.95. The first-order valence-electron chi connectivity index (χ1n) is 8.96. The van der Waals surface area contributed by atoms with Gasteiger partial charge in [-0.05, 0) is 31.4 Å². The number of hydrogen-bond acceptors (Lipinski definition) is 6. The van der Waals surface area contributed by atoms with E-state index in [2.05, 4.69) is 15.1 Å². The Labute approximate surface area is 157 Å². The molecule has 0 bridgehead atoms. The molecule has 3 aromatic rings. The Morgan fingerprint density at radius 2 is 2.15 bits per heavy atom. The van der Waals surface area contributed by atoms with Crippen LogP contribution in [0.3, 0.4) is 0 Å². The molecule has 0 aliphatic carbocycles. The van der Waals surface area contributed by atoms with E-state index in [1.807, 2.05) is 31.2 Å². The van der Waals surface area contributed by atoms with E-state index in [0.29, 0.717) is 19.0 Å². The molecule has 4 rings (SSSR count). The van der Waals surface area contributed by atoms with E-state index >= 15 is 0 Å². The zero-order chi connectivity index (χ0) is 18.6. The van der Waals surface area contributed by atoms with Gasteiger partial charge in [0.25, 0.3) is 5.91 Å². The molecular weight excluding hydrogens is 344 g/mol. The summed E-state index contributed by atoms with van der Waals surface area (Å²) in [6.07, 6.45) is 6.68. The lowest BCUT2D eigenvalue weighted by Crippen LogP contribution is -2.39. The fraction of sp³-hybridized carbons (Fsp3) is 0.300. The van der Waals surface area contributed by atoms with E-state index in [1.165, 1.54) is 6.20 Å². The van der Waals surface area contributed by atoms with Gasteiger partial charge in [-0.25, -0.2) is 4.98 Å². The topological polar surface area (TPSA) is 81.4 Å². The number of para-hydroxylation sites is 1. The Kier molecular flexibility index (Phi) is 4.82. The van der Waals surface area contributed by atoms with E-state index < -0.39 is 0 Å². The summed E-state index contributed by atoms with van der Waals surface area (Å²) in [5, 5.41) is 3.61. The first-order valence-corrected chi connectivity index (χ1v) is 8.96. The molecule has 7 nitrogen and oxygen atoms in total. The van der Waals surface area contributed by atoms with Crippen LogP contribution in [0.4, 0.5) is 0 Å². The second-order valence-electron chi connectivity index (χ2n) is 6.62. The number of piperidine rings is 1. The molecule has 0 saturated carbocycles. The average molecular weight is 364 g/mol. The van der Waals surface area contributed by atoms with E-state index in [4.69, 9.17) is 9.26 Å². The Bertz CT molecular complexity index is 926. The van der Waals surface area contributed by atoms with Crippen molar-refractivity contribution in [1.29, 1.82) is 0 Å². The van der Waals surface area contributed by atoms with Crippen LogP contribution in [0.5, 0.6) is 11.6 Å². The molecule has 7 heteroatoms. The molecule has 1 amide bonds. The second kappa shape index (κ2) is 7.57. The highest BCUT2D eigenvalue weighted by Crippen LogP contribution is 2.29. The summed E-state index contributed by atoms with van der Waals surface area (Å²) in [7, 11) is 0. The lowest BCUT2D eigenvalue weighted by molar-refractivity contribution is 0.0663. The maximum Gasteiger partial charge on any atom is 0.292 e. The van der Waals surface area contributed by atoms with Crippen LogP contribution >= 0.6 is 0 Å². The van der Waals surface area contributed by atoms with Gasteiger partial charge in [-0.1, -0.05) is 23.4 Å². The van der Waals surface area contributed by atoms with Crippen LogP contribution in [0, 0.1) is 6.92 Å². The first kappa shape index (κ1) is 17.2. The number of aromatic nitrogens is 3. The Morgan fingerprint density at radius 3 is 2.96 bits per heavy atom. The van der Waals surface area contributed by atoms with Crippen molar-refractivity contribution >= 4 is 5.91 Å². The van der Waals surface area contributed by atoms with E-state index in [-0.39, 0.29) is 17.6 Å². The normalized spacial score (nSPS) is 16.9. The minimum absolute atomic E-state index is 0.110. The van der Waals surface area contributed by atoms with Gasteiger partial charge in [-0.2, -0.15) is 0 Å². The van der Waals surface area contributed by atoms with Crippen molar-refractivity contribution in [3.63, 3.8) is 0 Å². The Balaban J connectivity index is 1.50. The third-order valence-corrected chi connectivity index (χ3v) is 4.71. The van der Waals surface area contributed by atoms with E-state index in [0.717, 1.165) is 29.8 Å². The van der Waals surface area contributed by atoms with Gasteiger partial charge in [0, 0.05) is 31.3 Å². The molecule has 1 atom stereocenters. The Morgan fingerprint density at radius 1 is 1.26 bits per heavy atom. The minimum Gasteiger partial charge on any atom is -0.437 e. The average Bonchev–Trinajstić information content (AvgIpc) is 3.24. The van der Waals surface area contributed by atoms with Gasteiger partial charge < -0.3 is 14.2 Å². The molecule has 2 aromatic heterocycles. The predicted molar refractivity (Wildman–Crippen MR) is 97.7 cm³/mol. The van der Waals surface area contributed by atoms with Crippen LogP contribution < -0.4 is 4.74 Å². The largest absolute Gasteiger partial charge is 0.437 e. The molecule has 1 aliphatic heterocycles. The monoisotopic (exact) mass is 364 g/mol. The fourth-order valence-electron chi connectivity index (χ4n) is 3.28. The molecule has 1 aromatic carbocycles. The number of carbonyl (C=O) groups is 1. The number of benzene rings is 1. The molecular formula is C20H20N4O3. The number of hydrogen-bond donors (Lipinski definition) is 0. The number of nitrogens with zero attached hydrogens (tertiary/aromatic N) is 4. The smallest absolute Gasteiger partial charge is 0.292 e. The molecule has 3 heterocycles. The number of carbonyl (C=O) groups excluding carboxylic acids is 1. The Hall–Kier alpha value is -3.22. The highest BCUT2D eigenvalue weighted by atomic mass is 16.5. The number of aryl methyl sites for hydroxylation is 1. The third kappa shape index (κ3) is 3.81. The van der Waals surface area contributed by atoms with Crippen molar-refractivity contribution in [2.75, 3.05) is 13.1 Å². The maximum atomic E-state index is 12.5. The highest BCUT2D eigenvalue weighted by molar-refractivity contribution is 5.91. The quantitative estimate of drug-likeness (QED) is 0.704. The van der Waals surface area contributed by atoms with Crippen LogP contribution in [0.2, 0.25) is 0 Å². The molecule has 0 unspecified atom stereocenters. The number of likely N-dealkylation sites (tertiary alicyclic amines) is 1. The number of amides is 1. The van der Waals surface area contributed by atoms with Gasteiger partial charge in [-0.15, -0.1) is 0 Å². The van der Waals surface area contributed by atoms with E-state index in [1.54, 1.807) is 23.4 Å². The van der Waals surface area contributed by atoms with Gasteiger partial charge in [0.05, 0.1) is 18.1 Å². The maximum absolute atomic E-state index is 12.5. The summed E-state index contributed by atoms with van der Waals surface area (Å²) in [5.41, 5.74) is 1.86. The van der Waals surface area contributed by atoms with Gasteiger partial charge in [0.1, 0.15) is 5.75 Å². The fourth-order valence-corrected chi connectivity index (χ4v) is 3.28. The van der Waals surface area contributed by atoms with Gasteiger partial charge in [0.15, 0.2) is 0 Å². The van der Waals surface area contributed by atoms with Crippen molar-refractivity contribution in [3.8, 4) is 11.6 Å². The van der Waals surface area contributed by atoms with Crippen molar-refractivity contribution in [2.24, 2.45) is 0 Å². The second-order valence-corrected chi connectivity index (χ2v) is 6.62.